The van der Waals surface area contributed by atoms with Gasteiger partial charge in [0.25, 0.3) is 10.1 Å². The van der Waals surface area contributed by atoms with Gasteiger partial charge in [0, 0.05) is 0 Å². The van der Waals surface area contributed by atoms with Gasteiger partial charge in [0.05, 0.1) is 0 Å². The molecule has 6 heteroatoms. The van der Waals surface area contributed by atoms with Gasteiger partial charge < -0.3 is 5.73 Å². The predicted octanol–water partition coefficient (Wildman–Crippen LogP) is -1.44. The van der Waals surface area contributed by atoms with Crippen LogP contribution in [0.1, 0.15) is 0 Å². The zero-order valence-corrected chi connectivity index (χ0v) is 5.26. The van der Waals surface area contributed by atoms with E-state index in [-0.39, 0.29) is 0 Å². The number of carbonyl (C=O) groups excluding carboxylic acids is 1. The normalized spacial score (nSPS) is 14.9. The Balaban J connectivity index is 4.43. The minimum Gasteiger partial charge on any atom is -0.368 e. The second kappa shape index (κ2) is 2.32. The van der Waals surface area contributed by atoms with Gasteiger partial charge >= 0.3 is 0 Å². The lowest BCUT2D eigenvalue weighted by atomic mass is 10.5. The fourth-order valence-electron chi connectivity index (χ4n) is 0.147. The summed E-state index contributed by atoms with van der Waals surface area (Å²) < 4.78 is 28.0. The Hall–Kier alpha value is -0.620. The highest BCUT2D eigenvalue weighted by Crippen LogP contribution is 1.93. The highest BCUT2D eigenvalue weighted by Gasteiger charge is 2.22. The molecule has 0 aliphatic carbocycles. The molecule has 0 spiro atoms. The molecule has 0 aromatic rings. The first-order chi connectivity index (χ1) is 3.85. The van der Waals surface area contributed by atoms with Gasteiger partial charge in [-0.15, -0.1) is 0 Å². The fraction of sp³-hybridized carbons (Fsp3) is 0.333. The van der Waals surface area contributed by atoms with Gasteiger partial charge in [-0.3, -0.25) is 9.35 Å². The number of primary amides is 1. The third kappa shape index (κ3) is 2.43. The van der Waals surface area contributed by atoms with E-state index in [1.165, 1.54) is 0 Å². The van der Waals surface area contributed by atoms with Crippen molar-refractivity contribution in [2.75, 3.05) is 0 Å². The van der Waals surface area contributed by atoms with Crippen LogP contribution in [-0.4, -0.2) is 24.1 Å². The van der Waals surface area contributed by atoms with Crippen LogP contribution >= 0.6 is 0 Å². The molecule has 0 fully saturated rings. The van der Waals surface area contributed by atoms with Crippen LogP contribution in [0, 0.1) is 6.92 Å². The summed E-state index contributed by atoms with van der Waals surface area (Å²) in [5.74, 6) is -1.17. The first-order valence-corrected chi connectivity index (χ1v) is 3.44. The summed E-state index contributed by atoms with van der Waals surface area (Å²) in [6, 6.07) is 0. The van der Waals surface area contributed by atoms with E-state index in [9.17, 15) is 13.2 Å². The SMILES string of the molecule is [CH2]C(C(N)=O)S(=O)(=O)O. The smallest absolute Gasteiger partial charge is 0.276 e. The molecule has 0 saturated heterocycles. The molecule has 0 aromatic carbocycles. The minimum absolute atomic E-state index is 1.17. The van der Waals surface area contributed by atoms with E-state index in [2.05, 4.69) is 12.7 Å². The molecule has 0 saturated carbocycles. The topological polar surface area (TPSA) is 97.5 Å². The van der Waals surface area contributed by atoms with Crippen molar-refractivity contribution in [3.8, 4) is 0 Å². The maximum Gasteiger partial charge on any atom is 0.276 e. The lowest BCUT2D eigenvalue weighted by Gasteiger charge is -1.99. The van der Waals surface area contributed by atoms with Gasteiger partial charge in [0.1, 0.15) is 0 Å². The average molecular weight is 152 g/mol. The molecular weight excluding hydrogens is 146 g/mol. The van der Waals surface area contributed by atoms with E-state index >= 15 is 0 Å². The molecule has 1 unspecified atom stereocenters. The van der Waals surface area contributed by atoms with Crippen molar-refractivity contribution in [3.63, 3.8) is 0 Å². The second-order valence-corrected chi connectivity index (χ2v) is 3.00. The zero-order chi connectivity index (χ0) is 7.65. The first kappa shape index (κ1) is 8.38. The number of amides is 1. The summed E-state index contributed by atoms with van der Waals surface area (Å²) in [6.45, 7) is 2.80. The van der Waals surface area contributed by atoms with Crippen molar-refractivity contribution < 1.29 is 17.8 Å². The third-order valence-electron chi connectivity index (χ3n) is 0.677. The van der Waals surface area contributed by atoms with Crippen LogP contribution in [-0.2, 0) is 14.9 Å². The molecule has 0 aliphatic rings. The van der Waals surface area contributed by atoms with Crippen molar-refractivity contribution in [2.45, 2.75) is 5.25 Å². The van der Waals surface area contributed by atoms with Crippen LogP contribution in [0.25, 0.3) is 0 Å². The molecule has 3 N–H and O–H groups in total. The number of carbonyl (C=O) groups is 1. The van der Waals surface area contributed by atoms with Crippen molar-refractivity contribution >= 4 is 16.0 Å². The van der Waals surface area contributed by atoms with E-state index in [0.29, 0.717) is 0 Å². The highest BCUT2D eigenvalue weighted by atomic mass is 32.2. The van der Waals surface area contributed by atoms with E-state index in [4.69, 9.17) is 4.55 Å². The summed E-state index contributed by atoms with van der Waals surface area (Å²) in [5.41, 5.74) is 4.48. The summed E-state index contributed by atoms with van der Waals surface area (Å²) >= 11 is 0. The predicted molar refractivity (Wildman–Crippen MR) is 29.9 cm³/mol. The third-order valence-corrected chi connectivity index (χ3v) is 1.63. The van der Waals surface area contributed by atoms with Gasteiger partial charge in [-0.25, -0.2) is 0 Å². The van der Waals surface area contributed by atoms with Gasteiger partial charge in [0.2, 0.25) is 5.91 Å². The molecule has 0 bridgehead atoms. The summed E-state index contributed by atoms with van der Waals surface area (Å²) in [5, 5.41) is -1.77. The van der Waals surface area contributed by atoms with Gasteiger partial charge in [-0.1, -0.05) is 0 Å². The molecule has 0 heterocycles. The molecule has 9 heavy (non-hydrogen) atoms. The maximum absolute atomic E-state index is 9.97. The summed E-state index contributed by atoms with van der Waals surface area (Å²) in [4.78, 5) is 9.97. The number of rotatable bonds is 2. The van der Waals surface area contributed by atoms with E-state index in [1.807, 2.05) is 0 Å². The van der Waals surface area contributed by atoms with Gasteiger partial charge in [-0.2, -0.15) is 8.42 Å². The van der Waals surface area contributed by atoms with Crippen molar-refractivity contribution in [1.29, 1.82) is 0 Å². The van der Waals surface area contributed by atoms with Crippen LogP contribution < -0.4 is 5.73 Å². The Labute approximate surface area is 52.6 Å². The van der Waals surface area contributed by atoms with Crippen molar-refractivity contribution in [2.24, 2.45) is 5.73 Å². The Morgan fingerprint density at radius 3 is 2.00 bits per heavy atom. The molecule has 0 aromatic heterocycles. The number of hydrogen-bond donors (Lipinski definition) is 2. The Morgan fingerprint density at radius 1 is 1.67 bits per heavy atom. The van der Waals surface area contributed by atoms with Crippen molar-refractivity contribution in [1.82, 2.24) is 0 Å². The minimum atomic E-state index is -4.39. The van der Waals surface area contributed by atoms with Crippen molar-refractivity contribution in [3.05, 3.63) is 6.92 Å². The van der Waals surface area contributed by atoms with Crippen LogP contribution in [0.2, 0.25) is 0 Å². The first-order valence-electron chi connectivity index (χ1n) is 1.94. The largest absolute Gasteiger partial charge is 0.368 e. The Kier molecular flexibility index (Phi) is 2.16. The standard InChI is InChI=1S/C3H6NO4S/c1-2(3(4)5)9(6,7)8/h2H,1H2,(H2,4,5)(H,6,7,8). The van der Waals surface area contributed by atoms with Crippen LogP contribution in [0.15, 0.2) is 0 Å². The van der Waals surface area contributed by atoms with E-state index in [0.717, 1.165) is 0 Å². The number of nitrogens with two attached hydrogens (primary N) is 1. The van der Waals surface area contributed by atoms with Crippen LogP contribution in [0.5, 0.6) is 0 Å². The summed E-state index contributed by atoms with van der Waals surface area (Å²) in [6.07, 6.45) is 0. The molecule has 1 amide bonds. The molecule has 1 radical (unpaired) electrons. The Morgan fingerprint density at radius 2 is 2.00 bits per heavy atom. The maximum atomic E-state index is 9.97. The molecule has 1 atom stereocenters. The van der Waals surface area contributed by atoms with Crippen LogP contribution in [0.4, 0.5) is 0 Å². The van der Waals surface area contributed by atoms with Gasteiger partial charge in [-0.05, 0) is 6.92 Å². The molecule has 0 rings (SSSR count). The fourth-order valence-corrected chi connectivity index (χ4v) is 0.440. The number of hydrogen-bond acceptors (Lipinski definition) is 3. The monoisotopic (exact) mass is 152 g/mol. The zero-order valence-electron chi connectivity index (χ0n) is 4.44. The lowest BCUT2D eigenvalue weighted by Crippen LogP contribution is -2.32. The molecule has 0 aliphatic heterocycles. The van der Waals surface area contributed by atoms with E-state index < -0.39 is 21.3 Å². The summed E-state index contributed by atoms with van der Waals surface area (Å²) in [7, 11) is -4.39. The van der Waals surface area contributed by atoms with Crippen LogP contribution in [0.3, 0.4) is 0 Å². The lowest BCUT2D eigenvalue weighted by molar-refractivity contribution is -0.117. The highest BCUT2D eigenvalue weighted by molar-refractivity contribution is 7.87. The quantitative estimate of drug-likeness (QED) is 0.473. The van der Waals surface area contributed by atoms with Gasteiger partial charge in [0.15, 0.2) is 5.25 Å². The van der Waals surface area contributed by atoms with E-state index in [1.54, 1.807) is 0 Å². The Bertz CT molecular complexity index is 206. The molecule has 53 valence electrons. The molecule has 5 nitrogen and oxygen atoms in total. The average Bonchev–Trinajstić information content (AvgIpc) is 1.62. The second-order valence-electron chi connectivity index (χ2n) is 1.41. The molecular formula is C3H6NO4S.